The molecule has 6 heteroatoms. The summed E-state index contributed by atoms with van der Waals surface area (Å²) in [6.07, 6.45) is 3.71. The second-order valence-corrected chi connectivity index (χ2v) is 5.21. The molecule has 0 saturated heterocycles. The summed E-state index contributed by atoms with van der Waals surface area (Å²) >= 11 is 0. The molecule has 6 nitrogen and oxygen atoms in total. The second-order valence-electron chi connectivity index (χ2n) is 5.21. The Hall–Kier alpha value is -3.15. The van der Waals surface area contributed by atoms with E-state index in [1.807, 2.05) is 36.4 Å². The van der Waals surface area contributed by atoms with Crippen molar-refractivity contribution in [3.05, 3.63) is 48.0 Å². The van der Waals surface area contributed by atoms with Gasteiger partial charge in [0, 0.05) is 6.92 Å². The van der Waals surface area contributed by atoms with Crippen LogP contribution in [0.25, 0.3) is 6.08 Å². The minimum Gasteiger partial charge on any atom is -0.493 e. The van der Waals surface area contributed by atoms with E-state index < -0.39 is 5.97 Å². The molecule has 0 aliphatic carbocycles. The number of para-hydroxylation sites is 2. The van der Waals surface area contributed by atoms with Crippen LogP contribution in [-0.2, 0) is 4.79 Å². The van der Waals surface area contributed by atoms with Gasteiger partial charge >= 0.3 is 5.97 Å². The molecule has 0 bridgehead atoms. The van der Waals surface area contributed by atoms with E-state index in [2.05, 4.69) is 0 Å². The first kappa shape index (κ1) is 19.2. The number of ether oxygens (including phenoxy) is 5. The fraction of sp³-hybridized carbons (Fsp3) is 0.250. The van der Waals surface area contributed by atoms with E-state index >= 15 is 0 Å². The lowest BCUT2D eigenvalue weighted by Gasteiger charge is -2.13. The van der Waals surface area contributed by atoms with Crippen molar-refractivity contribution < 1.29 is 28.5 Å². The van der Waals surface area contributed by atoms with Crippen LogP contribution in [0.4, 0.5) is 0 Å². The van der Waals surface area contributed by atoms with Crippen LogP contribution in [0.5, 0.6) is 28.7 Å². The van der Waals surface area contributed by atoms with E-state index in [4.69, 9.17) is 23.7 Å². The molecule has 0 saturated carbocycles. The van der Waals surface area contributed by atoms with Crippen molar-refractivity contribution in [2.45, 2.75) is 6.92 Å². The zero-order valence-corrected chi connectivity index (χ0v) is 15.3. The molecule has 2 rings (SSSR count). The molecule has 2 aromatic rings. The minimum absolute atomic E-state index is 0.255. The van der Waals surface area contributed by atoms with Crippen LogP contribution in [0.3, 0.4) is 0 Å². The Morgan fingerprint density at radius 3 is 2.04 bits per heavy atom. The SMILES string of the molecule is COc1ccccc1OC/C=C/c1cc(OC)c(OC(C)=O)c(OC)c1. The average molecular weight is 358 g/mol. The summed E-state index contributed by atoms with van der Waals surface area (Å²) in [5, 5.41) is 0. The summed E-state index contributed by atoms with van der Waals surface area (Å²) in [5.41, 5.74) is 0.818. The maximum atomic E-state index is 11.3. The molecular weight excluding hydrogens is 336 g/mol. The number of carbonyl (C=O) groups is 1. The van der Waals surface area contributed by atoms with Crippen molar-refractivity contribution in [2.24, 2.45) is 0 Å². The van der Waals surface area contributed by atoms with Crippen molar-refractivity contribution in [3.63, 3.8) is 0 Å². The highest BCUT2D eigenvalue weighted by Gasteiger charge is 2.15. The maximum Gasteiger partial charge on any atom is 0.308 e. The number of benzene rings is 2. The Morgan fingerprint density at radius 1 is 0.923 bits per heavy atom. The highest BCUT2D eigenvalue weighted by atomic mass is 16.6. The molecule has 0 fully saturated rings. The van der Waals surface area contributed by atoms with Crippen molar-refractivity contribution >= 4 is 12.0 Å². The van der Waals surface area contributed by atoms with Crippen LogP contribution < -0.4 is 23.7 Å². The van der Waals surface area contributed by atoms with Crippen molar-refractivity contribution in [2.75, 3.05) is 27.9 Å². The molecule has 0 aliphatic rings. The molecule has 0 aliphatic heterocycles. The van der Waals surface area contributed by atoms with E-state index in [0.29, 0.717) is 29.6 Å². The third-order valence-electron chi connectivity index (χ3n) is 3.44. The molecule has 0 heterocycles. The summed E-state index contributed by atoms with van der Waals surface area (Å²) in [6.45, 7) is 1.68. The Balaban J connectivity index is 2.13. The number of hydrogen-bond acceptors (Lipinski definition) is 6. The van der Waals surface area contributed by atoms with Crippen LogP contribution in [0.1, 0.15) is 12.5 Å². The van der Waals surface area contributed by atoms with Gasteiger partial charge in [0.15, 0.2) is 23.0 Å². The van der Waals surface area contributed by atoms with Crippen LogP contribution in [-0.4, -0.2) is 33.9 Å². The summed E-state index contributed by atoms with van der Waals surface area (Å²) in [6, 6.07) is 10.9. The summed E-state index contributed by atoms with van der Waals surface area (Å²) in [7, 11) is 4.60. The zero-order valence-electron chi connectivity index (χ0n) is 15.3. The van der Waals surface area contributed by atoms with Crippen LogP contribution in [0.15, 0.2) is 42.5 Å². The van der Waals surface area contributed by atoms with Gasteiger partial charge in [-0.15, -0.1) is 0 Å². The standard InChI is InChI=1S/C20H22O6/c1-14(21)26-20-18(23-3)12-15(13-19(20)24-4)8-7-11-25-17-10-6-5-9-16(17)22-2/h5-10,12-13H,11H2,1-4H3/b8-7+. The molecule has 0 radical (unpaired) electrons. The van der Waals surface area contributed by atoms with Gasteiger partial charge in [-0.25, -0.2) is 0 Å². The van der Waals surface area contributed by atoms with Gasteiger partial charge in [0.05, 0.1) is 21.3 Å². The summed E-state index contributed by atoms with van der Waals surface area (Å²) in [5.74, 6) is 1.96. The Kier molecular flexibility index (Phi) is 6.91. The Labute approximate surface area is 152 Å². The number of carbonyl (C=O) groups excluding carboxylic acids is 1. The van der Waals surface area contributed by atoms with Crippen molar-refractivity contribution in [1.82, 2.24) is 0 Å². The average Bonchev–Trinajstić information content (AvgIpc) is 2.65. The highest BCUT2D eigenvalue weighted by molar-refractivity contribution is 5.73. The fourth-order valence-electron chi connectivity index (χ4n) is 2.30. The van der Waals surface area contributed by atoms with Gasteiger partial charge in [0.2, 0.25) is 5.75 Å². The first-order valence-corrected chi connectivity index (χ1v) is 7.95. The van der Waals surface area contributed by atoms with Crippen molar-refractivity contribution in [3.8, 4) is 28.7 Å². The van der Waals surface area contributed by atoms with Gasteiger partial charge in [-0.05, 0) is 35.9 Å². The maximum absolute atomic E-state index is 11.3. The van der Waals surface area contributed by atoms with Crippen LogP contribution in [0.2, 0.25) is 0 Å². The number of hydrogen-bond donors (Lipinski definition) is 0. The number of rotatable bonds is 8. The van der Waals surface area contributed by atoms with E-state index in [-0.39, 0.29) is 5.75 Å². The molecule has 2 aromatic carbocycles. The lowest BCUT2D eigenvalue weighted by molar-refractivity contribution is -0.132. The molecule has 0 unspecified atom stereocenters. The third-order valence-corrected chi connectivity index (χ3v) is 3.44. The van der Waals surface area contributed by atoms with E-state index in [1.54, 1.807) is 19.2 Å². The van der Waals surface area contributed by atoms with Gasteiger partial charge in [0.1, 0.15) is 6.61 Å². The largest absolute Gasteiger partial charge is 0.493 e. The molecule has 0 aromatic heterocycles. The molecule has 0 atom stereocenters. The highest BCUT2D eigenvalue weighted by Crippen LogP contribution is 2.39. The first-order chi connectivity index (χ1) is 12.6. The number of methoxy groups -OCH3 is 3. The van der Waals surface area contributed by atoms with Crippen LogP contribution in [0, 0.1) is 0 Å². The summed E-state index contributed by atoms with van der Waals surface area (Å²) in [4.78, 5) is 11.3. The monoisotopic (exact) mass is 358 g/mol. The van der Waals surface area contributed by atoms with Crippen molar-refractivity contribution in [1.29, 1.82) is 0 Å². The fourth-order valence-corrected chi connectivity index (χ4v) is 2.30. The lowest BCUT2D eigenvalue weighted by atomic mass is 10.1. The Bertz CT molecular complexity index is 757. The second kappa shape index (κ2) is 9.36. The third kappa shape index (κ3) is 4.92. The lowest BCUT2D eigenvalue weighted by Crippen LogP contribution is -2.05. The predicted molar refractivity (Wildman–Crippen MR) is 98.4 cm³/mol. The molecule has 0 spiro atoms. The van der Waals surface area contributed by atoms with E-state index in [1.165, 1.54) is 21.1 Å². The Morgan fingerprint density at radius 2 is 1.50 bits per heavy atom. The topological polar surface area (TPSA) is 63.2 Å². The molecule has 0 N–H and O–H groups in total. The van der Waals surface area contributed by atoms with Gasteiger partial charge in [-0.2, -0.15) is 0 Å². The molecular formula is C20H22O6. The predicted octanol–water partition coefficient (Wildman–Crippen LogP) is 3.73. The minimum atomic E-state index is -0.449. The van der Waals surface area contributed by atoms with Gasteiger partial charge in [-0.3, -0.25) is 4.79 Å². The van der Waals surface area contributed by atoms with Gasteiger partial charge in [0.25, 0.3) is 0 Å². The van der Waals surface area contributed by atoms with Gasteiger partial charge < -0.3 is 23.7 Å². The van der Waals surface area contributed by atoms with Gasteiger partial charge in [-0.1, -0.05) is 18.2 Å². The quantitative estimate of drug-likeness (QED) is 0.529. The number of esters is 1. The molecule has 138 valence electrons. The van der Waals surface area contributed by atoms with E-state index in [9.17, 15) is 4.79 Å². The summed E-state index contributed by atoms with van der Waals surface area (Å²) < 4.78 is 26.7. The normalized spacial score (nSPS) is 10.5. The molecule has 0 amide bonds. The molecule has 26 heavy (non-hydrogen) atoms. The zero-order chi connectivity index (χ0) is 18.9. The van der Waals surface area contributed by atoms with E-state index in [0.717, 1.165) is 5.56 Å². The van der Waals surface area contributed by atoms with Crippen LogP contribution >= 0.6 is 0 Å². The smallest absolute Gasteiger partial charge is 0.308 e. The first-order valence-electron chi connectivity index (χ1n) is 7.95.